The van der Waals surface area contributed by atoms with Crippen molar-refractivity contribution in [1.82, 2.24) is 15.6 Å². The largest absolute Gasteiger partial charge is 0.358 e. The van der Waals surface area contributed by atoms with Crippen molar-refractivity contribution in [1.29, 1.82) is 0 Å². The van der Waals surface area contributed by atoms with E-state index in [9.17, 15) is 9.59 Å². The molecule has 6 nitrogen and oxygen atoms in total. The van der Waals surface area contributed by atoms with Gasteiger partial charge in [-0.2, -0.15) is 0 Å². The Morgan fingerprint density at radius 3 is 2.46 bits per heavy atom. The maximum absolute atomic E-state index is 11.1. The van der Waals surface area contributed by atoms with Crippen LogP contribution in [0.3, 0.4) is 0 Å². The zero-order valence-corrected chi connectivity index (χ0v) is 7.96. The average Bonchev–Trinajstić information content (AvgIpc) is 2.15. The van der Waals surface area contributed by atoms with Crippen LogP contribution in [0.1, 0.15) is 13.3 Å². The molecule has 0 saturated heterocycles. The lowest BCUT2D eigenvalue weighted by Gasteiger charge is -2.19. The summed E-state index contributed by atoms with van der Waals surface area (Å²) < 4.78 is 0. The molecule has 76 valence electrons. The molecule has 3 amide bonds. The molecule has 0 atom stereocenters. The van der Waals surface area contributed by atoms with Gasteiger partial charge >= 0.3 is 6.03 Å². The highest BCUT2D eigenvalue weighted by molar-refractivity contribution is 5.83. The smallest absolute Gasteiger partial charge is 0.331 e. The molecule has 0 bridgehead atoms. The summed E-state index contributed by atoms with van der Waals surface area (Å²) in [6, 6.07) is -0.439. The first-order valence-electron chi connectivity index (χ1n) is 4.11. The van der Waals surface area contributed by atoms with Gasteiger partial charge in [-0.15, -0.1) is 0 Å². The maximum atomic E-state index is 11.1. The Kier molecular flexibility index (Phi) is 5.62. The molecular formula is C7H16N4O2. The Hall–Kier alpha value is -1.30. The van der Waals surface area contributed by atoms with Crippen LogP contribution in [0.4, 0.5) is 4.79 Å². The number of likely N-dealkylation sites (N-methyl/N-ethyl adjacent to an activating group) is 1. The number of carbonyl (C=O) groups excluding carboxylic acids is 2. The minimum Gasteiger partial charge on any atom is -0.358 e. The Balaban J connectivity index is 4.08. The van der Waals surface area contributed by atoms with Crippen LogP contribution in [0.15, 0.2) is 0 Å². The van der Waals surface area contributed by atoms with E-state index in [0.717, 1.165) is 6.42 Å². The molecule has 0 rings (SSSR count). The van der Waals surface area contributed by atoms with E-state index in [1.54, 1.807) is 0 Å². The van der Waals surface area contributed by atoms with Crippen molar-refractivity contribution in [2.45, 2.75) is 13.3 Å². The Bertz CT molecular complexity index is 183. The highest BCUT2D eigenvalue weighted by atomic mass is 16.2. The van der Waals surface area contributed by atoms with Gasteiger partial charge in [0, 0.05) is 13.6 Å². The zero-order valence-electron chi connectivity index (χ0n) is 7.96. The van der Waals surface area contributed by atoms with E-state index in [1.165, 1.54) is 11.9 Å². The third-order valence-corrected chi connectivity index (χ3v) is 1.52. The maximum Gasteiger partial charge on any atom is 0.331 e. The second-order valence-electron chi connectivity index (χ2n) is 2.54. The molecule has 4 N–H and O–H groups in total. The molecule has 6 heteroatoms. The molecule has 0 aliphatic heterocycles. The zero-order chi connectivity index (χ0) is 10.3. The number of hydrazine groups is 1. The van der Waals surface area contributed by atoms with Gasteiger partial charge in [-0.1, -0.05) is 6.92 Å². The topological polar surface area (TPSA) is 87.5 Å². The quantitative estimate of drug-likeness (QED) is 0.301. The standard InChI is InChI=1S/C7H16N4O2/c1-3-4-11(7(13)10-8)5-6(12)9-2/h3-5,8H2,1-2H3,(H,9,12)(H,10,13). The van der Waals surface area contributed by atoms with Crippen molar-refractivity contribution < 1.29 is 9.59 Å². The lowest BCUT2D eigenvalue weighted by molar-refractivity contribution is -0.121. The fraction of sp³-hybridized carbons (Fsp3) is 0.714. The van der Waals surface area contributed by atoms with Crippen molar-refractivity contribution in [2.75, 3.05) is 20.1 Å². The fourth-order valence-electron chi connectivity index (χ4n) is 0.866. The molecule has 0 radical (unpaired) electrons. The van der Waals surface area contributed by atoms with Gasteiger partial charge in [-0.3, -0.25) is 10.2 Å². The average molecular weight is 188 g/mol. The summed E-state index contributed by atoms with van der Waals surface area (Å²) in [7, 11) is 1.52. The number of nitrogens with one attached hydrogen (secondary N) is 2. The number of carbonyl (C=O) groups is 2. The molecule has 0 unspecified atom stereocenters. The molecule has 13 heavy (non-hydrogen) atoms. The molecule has 0 spiro atoms. The first-order chi connectivity index (χ1) is 6.15. The van der Waals surface area contributed by atoms with E-state index in [1.807, 2.05) is 12.3 Å². The lowest BCUT2D eigenvalue weighted by Crippen LogP contribution is -2.47. The molecule has 0 saturated carbocycles. The number of urea groups is 1. The number of hydrogen-bond donors (Lipinski definition) is 3. The van der Waals surface area contributed by atoms with E-state index < -0.39 is 6.03 Å². The van der Waals surface area contributed by atoms with E-state index in [0.29, 0.717) is 6.54 Å². The van der Waals surface area contributed by atoms with Gasteiger partial charge in [0.1, 0.15) is 6.54 Å². The first kappa shape index (κ1) is 11.7. The van der Waals surface area contributed by atoms with Crippen molar-refractivity contribution >= 4 is 11.9 Å². The highest BCUT2D eigenvalue weighted by Gasteiger charge is 2.13. The van der Waals surface area contributed by atoms with Crippen LogP contribution in [0.5, 0.6) is 0 Å². The van der Waals surface area contributed by atoms with Gasteiger partial charge in [-0.05, 0) is 6.42 Å². The van der Waals surface area contributed by atoms with Crippen LogP contribution in [0.2, 0.25) is 0 Å². The van der Waals surface area contributed by atoms with Gasteiger partial charge in [0.05, 0.1) is 0 Å². The molecular weight excluding hydrogens is 172 g/mol. The highest BCUT2D eigenvalue weighted by Crippen LogP contribution is 1.91. The van der Waals surface area contributed by atoms with Crippen LogP contribution in [-0.4, -0.2) is 37.0 Å². The van der Waals surface area contributed by atoms with Gasteiger partial charge in [0.15, 0.2) is 0 Å². The van der Waals surface area contributed by atoms with E-state index >= 15 is 0 Å². The SMILES string of the molecule is CCCN(CC(=O)NC)C(=O)NN. The number of amides is 3. The minimum atomic E-state index is -0.439. The van der Waals surface area contributed by atoms with Crippen molar-refractivity contribution in [3.05, 3.63) is 0 Å². The van der Waals surface area contributed by atoms with Crippen LogP contribution >= 0.6 is 0 Å². The second-order valence-corrected chi connectivity index (χ2v) is 2.54. The number of nitrogens with zero attached hydrogens (tertiary/aromatic N) is 1. The molecule has 0 aliphatic carbocycles. The normalized spacial score (nSPS) is 9.15. The number of hydrogen-bond acceptors (Lipinski definition) is 3. The summed E-state index contributed by atoms with van der Waals surface area (Å²) in [6.45, 7) is 2.46. The number of nitrogens with two attached hydrogens (primary N) is 1. The van der Waals surface area contributed by atoms with Crippen LogP contribution in [0, 0.1) is 0 Å². The summed E-state index contributed by atoms with van der Waals surface area (Å²) in [4.78, 5) is 23.4. The predicted octanol–water partition coefficient (Wildman–Crippen LogP) is -0.972. The third-order valence-electron chi connectivity index (χ3n) is 1.52. The van der Waals surface area contributed by atoms with Crippen LogP contribution in [-0.2, 0) is 4.79 Å². The fourth-order valence-corrected chi connectivity index (χ4v) is 0.866. The molecule has 0 heterocycles. The summed E-state index contributed by atoms with van der Waals surface area (Å²) in [5.74, 6) is 4.74. The van der Waals surface area contributed by atoms with E-state index in [2.05, 4.69) is 5.32 Å². The molecule has 0 aromatic heterocycles. The monoisotopic (exact) mass is 188 g/mol. The van der Waals surface area contributed by atoms with Gasteiger partial charge in [0.2, 0.25) is 5.91 Å². The van der Waals surface area contributed by atoms with E-state index in [-0.39, 0.29) is 12.5 Å². The van der Waals surface area contributed by atoms with Crippen molar-refractivity contribution in [2.24, 2.45) is 5.84 Å². The second kappa shape index (κ2) is 6.24. The Morgan fingerprint density at radius 2 is 2.08 bits per heavy atom. The minimum absolute atomic E-state index is 0.0351. The van der Waals surface area contributed by atoms with Gasteiger partial charge in [-0.25, -0.2) is 10.6 Å². The Morgan fingerprint density at radius 1 is 1.46 bits per heavy atom. The molecule has 0 aromatic carbocycles. The lowest BCUT2D eigenvalue weighted by atomic mass is 10.4. The van der Waals surface area contributed by atoms with Crippen LogP contribution < -0.4 is 16.6 Å². The van der Waals surface area contributed by atoms with Gasteiger partial charge < -0.3 is 10.2 Å². The predicted molar refractivity (Wildman–Crippen MR) is 48.6 cm³/mol. The molecule has 0 fully saturated rings. The summed E-state index contributed by atoms with van der Waals surface area (Å²) >= 11 is 0. The molecule has 0 aromatic rings. The molecule has 0 aliphatic rings. The summed E-state index contributed by atoms with van der Waals surface area (Å²) in [5.41, 5.74) is 1.99. The summed E-state index contributed by atoms with van der Waals surface area (Å²) in [6.07, 6.45) is 0.782. The number of rotatable bonds is 4. The summed E-state index contributed by atoms with van der Waals surface area (Å²) in [5, 5.41) is 2.43. The van der Waals surface area contributed by atoms with Gasteiger partial charge in [0.25, 0.3) is 0 Å². The Labute approximate surface area is 77.4 Å². The third kappa shape index (κ3) is 4.32. The first-order valence-corrected chi connectivity index (χ1v) is 4.11. The van der Waals surface area contributed by atoms with Crippen molar-refractivity contribution in [3.8, 4) is 0 Å². The van der Waals surface area contributed by atoms with Crippen molar-refractivity contribution in [3.63, 3.8) is 0 Å². The van der Waals surface area contributed by atoms with Crippen LogP contribution in [0.25, 0.3) is 0 Å². The van der Waals surface area contributed by atoms with E-state index in [4.69, 9.17) is 5.84 Å².